The molecule has 1 aromatic heterocycles. The Morgan fingerprint density at radius 2 is 1.50 bits per heavy atom. The summed E-state index contributed by atoms with van der Waals surface area (Å²) in [5.74, 6) is 1.10. The molecule has 1 saturated heterocycles. The maximum atomic E-state index is 4.50. The van der Waals surface area contributed by atoms with E-state index in [1.165, 1.54) is 18.5 Å². The predicted molar refractivity (Wildman–Crippen MR) is 115 cm³/mol. The first-order valence-electron chi connectivity index (χ1n) is 9.53. The molecule has 2 aromatic carbocycles. The molecule has 0 radical (unpaired) electrons. The first-order valence-corrected chi connectivity index (χ1v) is 9.53. The molecule has 2 heterocycles. The fraction of sp³-hybridized carbons (Fsp3) is 0.286. The molecular weight excluding hydrogens is 350 g/mol. The highest BCUT2D eigenvalue weighted by Gasteiger charge is 2.12. The number of nitrogens with one attached hydrogen (secondary N) is 2. The van der Waals surface area contributed by atoms with Crippen molar-refractivity contribution >= 4 is 34.5 Å². The van der Waals surface area contributed by atoms with Gasteiger partial charge in [0.2, 0.25) is 5.95 Å². The normalized spacial score (nSPS) is 13.4. The topological polar surface area (TPSA) is 69.2 Å². The minimum atomic E-state index is 0.455. The van der Waals surface area contributed by atoms with Crippen molar-refractivity contribution in [2.24, 2.45) is 0 Å². The summed E-state index contributed by atoms with van der Waals surface area (Å²) in [4.78, 5) is 8.98. The van der Waals surface area contributed by atoms with E-state index in [2.05, 4.69) is 59.9 Å². The van der Waals surface area contributed by atoms with Crippen molar-refractivity contribution in [1.29, 1.82) is 0 Å². The van der Waals surface area contributed by atoms with Crippen molar-refractivity contribution in [3.05, 3.63) is 54.7 Å². The molecule has 0 unspecified atom stereocenters. The van der Waals surface area contributed by atoms with Crippen molar-refractivity contribution in [3.8, 4) is 0 Å². The van der Waals surface area contributed by atoms with Crippen LogP contribution in [-0.4, -0.2) is 42.4 Å². The lowest BCUT2D eigenvalue weighted by atomic mass is 10.2. The van der Waals surface area contributed by atoms with Gasteiger partial charge >= 0.3 is 0 Å². The van der Waals surface area contributed by atoms with E-state index in [4.69, 9.17) is 0 Å². The van der Waals surface area contributed by atoms with E-state index in [0.29, 0.717) is 11.8 Å². The molecule has 4 rings (SSSR count). The van der Waals surface area contributed by atoms with Crippen molar-refractivity contribution in [2.45, 2.75) is 12.8 Å². The van der Waals surface area contributed by atoms with E-state index in [0.717, 1.165) is 30.2 Å². The van der Waals surface area contributed by atoms with Gasteiger partial charge in [-0.2, -0.15) is 10.1 Å². The monoisotopic (exact) mass is 375 g/mol. The van der Waals surface area contributed by atoms with Gasteiger partial charge in [0.1, 0.15) is 0 Å². The number of hydrogen-bond donors (Lipinski definition) is 2. The van der Waals surface area contributed by atoms with Crippen LogP contribution in [0.25, 0.3) is 0 Å². The van der Waals surface area contributed by atoms with Gasteiger partial charge < -0.3 is 20.4 Å². The third-order valence-corrected chi connectivity index (χ3v) is 4.81. The zero-order chi connectivity index (χ0) is 19.3. The van der Waals surface area contributed by atoms with Crippen LogP contribution in [-0.2, 0) is 0 Å². The number of aromatic nitrogens is 3. The molecule has 0 spiro atoms. The Hall–Kier alpha value is -3.35. The average Bonchev–Trinajstić information content (AvgIpc) is 3.24. The Morgan fingerprint density at radius 3 is 2.18 bits per heavy atom. The van der Waals surface area contributed by atoms with Crippen LogP contribution in [0.3, 0.4) is 0 Å². The summed E-state index contributed by atoms with van der Waals surface area (Å²) in [7, 11) is 4.03. The maximum absolute atomic E-state index is 4.50. The summed E-state index contributed by atoms with van der Waals surface area (Å²) in [6.45, 7) is 2.29. The minimum absolute atomic E-state index is 0.455. The number of rotatable bonds is 6. The quantitative estimate of drug-likeness (QED) is 0.674. The van der Waals surface area contributed by atoms with Crippen LogP contribution in [0.15, 0.2) is 54.7 Å². The number of nitrogens with zero attached hydrogens (tertiary/aromatic N) is 5. The Balaban J connectivity index is 1.42. The number of anilines is 6. The molecule has 0 atom stereocenters. The molecule has 144 valence electrons. The fourth-order valence-electron chi connectivity index (χ4n) is 3.27. The molecule has 3 aromatic rings. The molecule has 7 heteroatoms. The summed E-state index contributed by atoms with van der Waals surface area (Å²) in [5, 5.41) is 14.6. The number of benzene rings is 2. The minimum Gasteiger partial charge on any atom is -0.378 e. The van der Waals surface area contributed by atoms with Gasteiger partial charge in [0, 0.05) is 49.9 Å². The lowest BCUT2D eigenvalue weighted by molar-refractivity contribution is 0.949. The van der Waals surface area contributed by atoms with E-state index < -0.39 is 0 Å². The van der Waals surface area contributed by atoms with Gasteiger partial charge in [-0.25, -0.2) is 0 Å². The van der Waals surface area contributed by atoms with E-state index in [-0.39, 0.29) is 0 Å². The molecule has 1 aliphatic heterocycles. The van der Waals surface area contributed by atoms with Crippen molar-refractivity contribution in [2.75, 3.05) is 47.6 Å². The highest BCUT2D eigenvalue weighted by molar-refractivity contribution is 5.63. The molecule has 0 amide bonds. The third kappa shape index (κ3) is 4.31. The van der Waals surface area contributed by atoms with Gasteiger partial charge in [0.15, 0.2) is 5.82 Å². The summed E-state index contributed by atoms with van der Waals surface area (Å²) < 4.78 is 0. The van der Waals surface area contributed by atoms with E-state index in [9.17, 15) is 0 Å². The molecule has 0 aliphatic carbocycles. The van der Waals surface area contributed by atoms with Gasteiger partial charge in [-0.3, -0.25) is 0 Å². The summed E-state index contributed by atoms with van der Waals surface area (Å²) in [5.41, 5.74) is 4.30. The first kappa shape index (κ1) is 18.0. The molecule has 7 nitrogen and oxygen atoms in total. The summed E-state index contributed by atoms with van der Waals surface area (Å²) in [6, 6.07) is 16.5. The molecule has 2 N–H and O–H groups in total. The van der Waals surface area contributed by atoms with E-state index in [1.54, 1.807) is 6.20 Å². The standard InChI is InChI=1S/C21H25N7/c1-27(2)18-9-5-17(6-10-18)24-21-25-20(15-22-26-21)23-16-7-11-19(12-8-16)28-13-3-4-14-28/h5-12,15H,3-4,13-14H2,1-2H3,(H2,23,24,25,26). The Morgan fingerprint density at radius 1 is 0.857 bits per heavy atom. The van der Waals surface area contributed by atoms with Crippen LogP contribution in [0.4, 0.5) is 34.5 Å². The SMILES string of the molecule is CN(C)c1ccc(Nc2nncc(Nc3ccc(N4CCCC4)cc3)n2)cc1. The van der Waals surface area contributed by atoms with Gasteiger partial charge in [0.25, 0.3) is 0 Å². The van der Waals surface area contributed by atoms with Crippen LogP contribution in [0.1, 0.15) is 12.8 Å². The van der Waals surface area contributed by atoms with Crippen LogP contribution >= 0.6 is 0 Å². The molecule has 0 bridgehead atoms. The van der Waals surface area contributed by atoms with E-state index in [1.807, 2.05) is 38.4 Å². The summed E-state index contributed by atoms with van der Waals surface area (Å²) >= 11 is 0. The zero-order valence-electron chi connectivity index (χ0n) is 16.3. The second-order valence-electron chi connectivity index (χ2n) is 7.10. The lowest BCUT2D eigenvalue weighted by Crippen LogP contribution is -2.17. The zero-order valence-corrected chi connectivity index (χ0v) is 16.3. The van der Waals surface area contributed by atoms with Crippen molar-refractivity contribution in [1.82, 2.24) is 15.2 Å². The molecule has 28 heavy (non-hydrogen) atoms. The lowest BCUT2D eigenvalue weighted by Gasteiger charge is -2.17. The molecular formula is C21H25N7. The van der Waals surface area contributed by atoms with Gasteiger partial charge in [-0.05, 0) is 61.4 Å². The number of hydrogen-bond acceptors (Lipinski definition) is 7. The second kappa shape index (κ2) is 8.12. The fourth-order valence-corrected chi connectivity index (χ4v) is 3.27. The highest BCUT2D eigenvalue weighted by atomic mass is 15.3. The van der Waals surface area contributed by atoms with Gasteiger partial charge in [-0.1, -0.05) is 0 Å². The molecule has 0 saturated carbocycles. The van der Waals surface area contributed by atoms with Crippen LogP contribution in [0.2, 0.25) is 0 Å². The molecule has 1 aliphatic rings. The highest BCUT2D eigenvalue weighted by Crippen LogP contribution is 2.24. The second-order valence-corrected chi connectivity index (χ2v) is 7.10. The van der Waals surface area contributed by atoms with Crippen molar-refractivity contribution in [3.63, 3.8) is 0 Å². The van der Waals surface area contributed by atoms with Crippen LogP contribution in [0, 0.1) is 0 Å². The van der Waals surface area contributed by atoms with Crippen LogP contribution < -0.4 is 20.4 Å². The predicted octanol–water partition coefficient (Wildman–Crippen LogP) is 4.03. The van der Waals surface area contributed by atoms with Crippen molar-refractivity contribution < 1.29 is 0 Å². The first-order chi connectivity index (χ1) is 13.7. The van der Waals surface area contributed by atoms with E-state index >= 15 is 0 Å². The Kier molecular flexibility index (Phi) is 5.23. The maximum Gasteiger partial charge on any atom is 0.249 e. The smallest absolute Gasteiger partial charge is 0.249 e. The van der Waals surface area contributed by atoms with Gasteiger partial charge in [0.05, 0.1) is 6.20 Å². The molecule has 1 fully saturated rings. The largest absolute Gasteiger partial charge is 0.378 e. The third-order valence-electron chi connectivity index (χ3n) is 4.81. The average molecular weight is 375 g/mol. The Bertz CT molecular complexity index is 901. The Labute approximate surface area is 165 Å². The van der Waals surface area contributed by atoms with Crippen LogP contribution in [0.5, 0.6) is 0 Å². The summed E-state index contributed by atoms with van der Waals surface area (Å²) in [6.07, 6.45) is 4.18. The van der Waals surface area contributed by atoms with Gasteiger partial charge in [-0.15, -0.1) is 5.10 Å².